The van der Waals surface area contributed by atoms with Crippen LogP contribution in [0.1, 0.15) is 73.2 Å². The predicted molar refractivity (Wildman–Crippen MR) is 161 cm³/mol. The lowest BCUT2D eigenvalue weighted by atomic mass is 9.98. The second-order valence-corrected chi connectivity index (χ2v) is 14.1. The maximum Gasteiger partial charge on any atom is 0.349 e. The summed E-state index contributed by atoms with van der Waals surface area (Å²) in [4.78, 5) is 24.4. The Morgan fingerprint density at radius 2 is 1.32 bits per heavy atom. The number of esters is 2. The molecule has 34 heavy (non-hydrogen) atoms. The molecule has 2 aromatic rings. The monoisotopic (exact) mass is 744 g/mol. The number of hydrogen-bond acceptors (Lipinski definition) is 6. The van der Waals surface area contributed by atoms with Gasteiger partial charge in [-0.05, 0) is 108 Å². The molecular weight excluding hydrogens is 715 g/mol. The molecule has 0 radical (unpaired) electrons. The van der Waals surface area contributed by atoms with Gasteiger partial charge in [0.2, 0.25) is 0 Å². The Kier molecular flexibility index (Phi) is 16.6. The molecule has 0 aromatic carbocycles. The van der Waals surface area contributed by atoms with Crippen LogP contribution >= 0.6 is 77.1 Å². The van der Waals surface area contributed by atoms with Crippen LogP contribution in [-0.4, -0.2) is 26.2 Å². The van der Waals surface area contributed by atoms with Gasteiger partial charge in [0.05, 0.1) is 22.0 Å². The molecule has 0 bridgehead atoms. The van der Waals surface area contributed by atoms with E-state index >= 15 is 0 Å². The zero-order chi connectivity index (χ0) is 26.0. The molecule has 0 aliphatic carbocycles. The average molecular weight is 746 g/mol. The molecule has 2 aromatic heterocycles. The van der Waals surface area contributed by atoms with Crippen LogP contribution in [-0.2, 0) is 9.47 Å². The van der Waals surface area contributed by atoms with Gasteiger partial charge in [0.25, 0.3) is 0 Å². The number of carbonyl (C=O) groups excluding carboxylic acids is 2. The highest BCUT2D eigenvalue weighted by atomic mass is 127. The van der Waals surface area contributed by atoms with Gasteiger partial charge in [0.1, 0.15) is 9.75 Å². The van der Waals surface area contributed by atoms with Gasteiger partial charge < -0.3 is 9.47 Å². The third-order valence-corrected chi connectivity index (χ3v) is 7.76. The molecule has 4 nitrogen and oxygen atoms in total. The van der Waals surface area contributed by atoms with E-state index in [1.54, 1.807) is 0 Å². The first-order chi connectivity index (χ1) is 15.0. The number of methoxy groups -OCH3 is 2. The van der Waals surface area contributed by atoms with Gasteiger partial charge in [-0.15, -0.1) is 35.0 Å². The lowest BCUT2D eigenvalue weighted by Gasteiger charge is -2.06. The van der Waals surface area contributed by atoms with Gasteiger partial charge in [0.15, 0.2) is 0 Å². The molecule has 0 aliphatic rings. The van der Waals surface area contributed by atoms with Crippen molar-refractivity contribution in [2.45, 2.75) is 49.0 Å². The number of halogens is 3. The predicted octanol–water partition coefficient (Wildman–Crippen LogP) is 8.90. The van der Waals surface area contributed by atoms with E-state index in [0.29, 0.717) is 9.75 Å². The largest absolute Gasteiger partial charge is 0.465 e. The van der Waals surface area contributed by atoms with Crippen molar-refractivity contribution < 1.29 is 19.1 Å². The van der Waals surface area contributed by atoms with Crippen molar-refractivity contribution in [3.05, 3.63) is 38.6 Å². The van der Waals surface area contributed by atoms with E-state index in [1.165, 1.54) is 36.9 Å². The maximum atomic E-state index is 11.4. The Labute approximate surface area is 243 Å². The van der Waals surface area contributed by atoms with E-state index < -0.39 is 0 Å². The Bertz CT molecular complexity index is 1060. The summed E-state index contributed by atoms with van der Waals surface area (Å²) >= 11 is 11.5. The van der Waals surface area contributed by atoms with Crippen molar-refractivity contribution in [2.75, 3.05) is 14.2 Å². The molecule has 0 spiro atoms. The van der Waals surface area contributed by atoms with Crippen LogP contribution in [0.3, 0.4) is 0 Å². The van der Waals surface area contributed by atoms with E-state index in [4.69, 9.17) is 6.42 Å². The lowest BCUT2D eigenvalue weighted by molar-refractivity contribution is 0.0596. The summed E-state index contributed by atoms with van der Waals surface area (Å²) in [7, 11) is 2.75. The fourth-order valence-electron chi connectivity index (χ4n) is 1.48. The quantitative estimate of drug-likeness (QED) is 0.175. The summed E-state index contributed by atoms with van der Waals surface area (Å²) in [6.45, 7) is 12.2. The minimum atomic E-state index is -0.333. The normalized spacial score (nSPS) is 9.94. The molecule has 0 saturated heterocycles. The standard InChI is InChI=1S/C12H13BrO2S.C6H4BrIO2S.C6H10.CH4/c1-12(2,3)6-5-8-7-9(13)10(16-8)11(14)15-4;1-10-6(9)5-3(7)2-4(8)11-5;1-5-6(2,3)4;/h7H,1-4H3;2H,1H3;1H,2-4H3;1H4. The Hall–Kier alpha value is -0.850. The summed E-state index contributed by atoms with van der Waals surface area (Å²) in [6.07, 6.45) is 5.06. The lowest BCUT2D eigenvalue weighted by Crippen LogP contribution is -1.99. The van der Waals surface area contributed by atoms with Gasteiger partial charge in [-0.25, -0.2) is 9.59 Å². The number of terminal acetylenes is 1. The summed E-state index contributed by atoms with van der Waals surface area (Å²) < 4.78 is 11.8. The first-order valence-electron chi connectivity index (χ1n) is 9.46. The number of thiophene rings is 2. The minimum absolute atomic E-state index is 0. The third kappa shape index (κ3) is 14.5. The molecule has 9 heteroatoms. The van der Waals surface area contributed by atoms with Crippen molar-refractivity contribution in [2.24, 2.45) is 10.8 Å². The van der Waals surface area contributed by atoms with E-state index in [-0.39, 0.29) is 30.2 Å². The first kappa shape index (κ1) is 35.3. The topological polar surface area (TPSA) is 52.6 Å². The molecule has 0 amide bonds. The number of rotatable bonds is 2. The first-order valence-corrected chi connectivity index (χ1v) is 13.8. The molecular formula is C25H31Br2IO4S2. The fourth-order valence-corrected chi connectivity index (χ4v) is 5.97. The van der Waals surface area contributed by atoms with Gasteiger partial charge in [-0.3, -0.25) is 0 Å². The van der Waals surface area contributed by atoms with Crippen molar-refractivity contribution >= 4 is 89.1 Å². The Balaban J connectivity index is 0. The second-order valence-electron chi connectivity index (χ2n) is 8.39. The summed E-state index contributed by atoms with van der Waals surface area (Å²) in [5, 5.41) is 0. The zero-order valence-electron chi connectivity index (χ0n) is 19.8. The maximum absolute atomic E-state index is 11.4. The average Bonchev–Trinajstić information content (AvgIpc) is 3.26. The van der Waals surface area contributed by atoms with Crippen molar-refractivity contribution in [1.82, 2.24) is 0 Å². The molecule has 0 aliphatic heterocycles. The fraction of sp³-hybridized carbons (Fsp3) is 0.440. The van der Waals surface area contributed by atoms with E-state index in [1.807, 2.05) is 53.7 Å². The van der Waals surface area contributed by atoms with Crippen LogP contribution in [0.2, 0.25) is 0 Å². The minimum Gasteiger partial charge on any atom is -0.465 e. The molecule has 188 valence electrons. The van der Waals surface area contributed by atoms with E-state index in [0.717, 1.165) is 16.7 Å². The summed E-state index contributed by atoms with van der Waals surface area (Å²) in [6, 6.07) is 3.73. The van der Waals surface area contributed by atoms with Crippen LogP contribution in [0.5, 0.6) is 0 Å². The van der Waals surface area contributed by atoms with E-state index in [9.17, 15) is 9.59 Å². The third-order valence-electron chi connectivity index (χ3n) is 3.08. The molecule has 2 rings (SSSR count). The number of hydrogen-bond donors (Lipinski definition) is 0. The van der Waals surface area contributed by atoms with Crippen molar-refractivity contribution in [3.63, 3.8) is 0 Å². The van der Waals surface area contributed by atoms with Gasteiger partial charge in [-0.1, -0.05) is 19.3 Å². The Morgan fingerprint density at radius 1 is 0.912 bits per heavy atom. The number of carbonyl (C=O) groups is 2. The molecule has 0 fully saturated rings. The smallest absolute Gasteiger partial charge is 0.349 e. The molecule has 0 N–H and O–H groups in total. The highest BCUT2D eigenvalue weighted by Crippen LogP contribution is 2.29. The highest BCUT2D eigenvalue weighted by Gasteiger charge is 2.15. The van der Waals surface area contributed by atoms with E-state index in [2.05, 4.69) is 81.7 Å². The van der Waals surface area contributed by atoms with Crippen LogP contribution in [0, 0.1) is 37.9 Å². The van der Waals surface area contributed by atoms with Crippen molar-refractivity contribution in [1.29, 1.82) is 0 Å². The molecule has 0 saturated carbocycles. The van der Waals surface area contributed by atoms with Crippen molar-refractivity contribution in [3.8, 4) is 24.2 Å². The van der Waals surface area contributed by atoms with Gasteiger partial charge >= 0.3 is 11.9 Å². The summed E-state index contributed by atoms with van der Waals surface area (Å²) in [5.74, 6) is 8.16. The second kappa shape index (κ2) is 16.0. The van der Waals surface area contributed by atoms with Crippen LogP contribution in [0.4, 0.5) is 0 Å². The number of ether oxygens (including phenoxy) is 2. The van der Waals surface area contributed by atoms with Crippen LogP contribution in [0.15, 0.2) is 21.1 Å². The van der Waals surface area contributed by atoms with Crippen LogP contribution in [0.25, 0.3) is 0 Å². The van der Waals surface area contributed by atoms with Crippen LogP contribution < -0.4 is 0 Å². The van der Waals surface area contributed by atoms with Gasteiger partial charge in [0, 0.05) is 19.8 Å². The molecule has 0 unspecified atom stereocenters. The highest BCUT2D eigenvalue weighted by molar-refractivity contribution is 14.1. The molecule has 2 heterocycles. The zero-order valence-corrected chi connectivity index (χ0v) is 26.8. The molecule has 0 atom stereocenters. The Morgan fingerprint density at radius 3 is 1.65 bits per heavy atom. The van der Waals surface area contributed by atoms with Gasteiger partial charge in [-0.2, -0.15) is 0 Å². The summed E-state index contributed by atoms with van der Waals surface area (Å²) in [5.41, 5.74) is 0.0297. The SMILES string of the molecule is C.C#CC(C)(C)C.COC(=O)c1sc(C#CC(C)(C)C)cc1Br.COC(=O)c1sc(I)cc1Br.